The highest BCUT2D eigenvalue weighted by Gasteiger charge is 2.30. The van der Waals surface area contributed by atoms with Crippen molar-refractivity contribution in [1.29, 1.82) is 0 Å². The summed E-state index contributed by atoms with van der Waals surface area (Å²) < 4.78 is 38.2. The Hall–Kier alpha value is -2.67. The zero-order chi connectivity index (χ0) is 18.7. The predicted molar refractivity (Wildman–Crippen MR) is 96.1 cm³/mol. The molecule has 7 heteroatoms. The minimum absolute atomic E-state index is 0.00138. The first-order valence-corrected chi connectivity index (χ1v) is 8.68. The number of hydrogen-bond acceptors (Lipinski definition) is 3. The average Bonchev–Trinajstić information content (AvgIpc) is 3.03. The number of aryl methyl sites for hydroxylation is 1. The normalized spacial score (nSPS) is 11.4. The van der Waals surface area contributed by atoms with Gasteiger partial charge in [0.2, 0.25) is 5.91 Å². The van der Waals surface area contributed by atoms with Crippen molar-refractivity contribution in [3.05, 3.63) is 70.7 Å². The van der Waals surface area contributed by atoms with Crippen molar-refractivity contribution in [2.24, 2.45) is 0 Å². The van der Waals surface area contributed by atoms with Crippen molar-refractivity contribution in [3.63, 3.8) is 0 Å². The molecule has 3 aromatic rings. The van der Waals surface area contributed by atoms with E-state index in [1.165, 1.54) is 23.5 Å². The van der Waals surface area contributed by atoms with Crippen molar-refractivity contribution in [2.75, 3.05) is 5.32 Å². The molecule has 3 nitrogen and oxygen atoms in total. The number of aromatic nitrogens is 1. The maximum Gasteiger partial charge on any atom is 0.416 e. The molecule has 0 aliphatic rings. The van der Waals surface area contributed by atoms with Crippen molar-refractivity contribution in [3.8, 4) is 10.6 Å². The Morgan fingerprint density at radius 2 is 1.88 bits per heavy atom. The first kappa shape index (κ1) is 18.1. The molecule has 0 spiro atoms. The summed E-state index contributed by atoms with van der Waals surface area (Å²) in [5.74, 6) is -0.412. The second-order valence-corrected chi connectivity index (χ2v) is 6.67. The number of nitrogens with one attached hydrogen (secondary N) is 1. The molecular weight excluding hydrogens is 361 g/mol. The van der Waals surface area contributed by atoms with Crippen molar-refractivity contribution < 1.29 is 18.0 Å². The fourth-order valence-electron chi connectivity index (χ4n) is 2.36. The van der Waals surface area contributed by atoms with E-state index in [1.807, 2.05) is 31.2 Å². The predicted octanol–water partition coefficient (Wildman–Crippen LogP) is 5.32. The third-order valence-corrected chi connectivity index (χ3v) is 4.61. The van der Waals surface area contributed by atoms with E-state index in [4.69, 9.17) is 0 Å². The van der Waals surface area contributed by atoms with E-state index in [0.717, 1.165) is 28.3 Å². The number of amides is 1. The van der Waals surface area contributed by atoms with E-state index >= 15 is 0 Å². The number of halogens is 3. The number of carbonyl (C=O) groups is 1. The molecule has 1 heterocycles. The van der Waals surface area contributed by atoms with Crippen LogP contribution in [0.3, 0.4) is 0 Å². The lowest BCUT2D eigenvalue weighted by molar-refractivity contribution is -0.137. The minimum Gasteiger partial charge on any atom is -0.326 e. The van der Waals surface area contributed by atoms with Gasteiger partial charge in [0.1, 0.15) is 5.01 Å². The first-order valence-electron chi connectivity index (χ1n) is 7.80. The van der Waals surface area contributed by atoms with Crippen molar-refractivity contribution in [2.45, 2.75) is 19.5 Å². The molecule has 2 aromatic carbocycles. The van der Waals surface area contributed by atoms with Gasteiger partial charge < -0.3 is 5.32 Å². The SMILES string of the molecule is Cc1ccc(-c2nc(CC(=O)Nc3cccc(C(F)(F)F)c3)cs2)cc1. The van der Waals surface area contributed by atoms with Gasteiger partial charge in [-0.25, -0.2) is 4.98 Å². The Bertz CT molecular complexity index is 917. The van der Waals surface area contributed by atoms with Crippen LogP contribution in [0.15, 0.2) is 53.9 Å². The van der Waals surface area contributed by atoms with Crippen LogP contribution in [0.2, 0.25) is 0 Å². The van der Waals surface area contributed by atoms with Gasteiger partial charge in [-0.3, -0.25) is 4.79 Å². The van der Waals surface area contributed by atoms with Gasteiger partial charge in [0.25, 0.3) is 0 Å². The van der Waals surface area contributed by atoms with Crippen LogP contribution in [-0.2, 0) is 17.4 Å². The van der Waals surface area contributed by atoms with Gasteiger partial charge in [0, 0.05) is 16.6 Å². The topological polar surface area (TPSA) is 42.0 Å². The lowest BCUT2D eigenvalue weighted by Gasteiger charge is -2.09. The lowest BCUT2D eigenvalue weighted by Crippen LogP contribution is -2.15. The van der Waals surface area contributed by atoms with Crippen LogP contribution in [0.25, 0.3) is 10.6 Å². The van der Waals surface area contributed by atoms with Gasteiger partial charge in [-0.15, -0.1) is 11.3 Å². The third-order valence-electron chi connectivity index (χ3n) is 3.67. The van der Waals surface area contributed by atoms with Crippen molar-refractivity contribution in [1.82, 2.24) is 4.98 Å². The lowest BCUT2D eigenvalue weighted by atomic mass is 10.1. The molecule has 0 saturated heterocycles. The molecule has 0 unspecified atom stereocenters. The van der Waals surface area contributed by atoms with E-state index < -0.39 is 17.6 Å². The maximum absolute atomic E-state index is 12.7. The molecule has 1 N–H and O–H groups in total. The molecule has 0 saturated carbocycles. The van der Waals surface area contributed by atoms with Gasteiger partial charge >= 0.3 is 6.18 Å². The molecule has 3 rings (SSSR count). The highest BCUT2D eigenvalue weighted by Crippen LogP contribution is 2.30. The average molecular weight is 376 g/mol. The molecule has 0 bridgehead atoms. The molecule has 0 aliphatic carbocycles. The van der Waals surface area contributed by atoms with E-state index in [9.17, 15) is 18.0 Å². The van der Waals surface area contributed by atoms with Crippen LogP contribution in [-0.4, -0.2) is 10.9 Å². The van der Waals surface area contributed by atoms with Crippen LogP contribution in [0.1, 0.15) is 16.8 Å². The summed E-state index contributed by atoms with van der Waals surface area (Å²) in [5, 5.41) is 5.06. The summed E-state index contributed by atoms with van der Waals surface area (Å²) in [6, 6.07) is 12.4. The largest absolute Gasteiger partial charge is 0.416 e. The fourth-order valence-corrected chi connectivity index (χ4v) is 3.19. The molecule has 134 valence electrons. The highest BCUT2D eigenvalue weighted by molar-refractivity contribution is 7.13. The zero-order valence-electron chi connectivity index (χ0n) is 13.8. The number of alkyl halides is 3. The molecule has 0 radical (unpaired) electrons. The molecule has 0 aliphatic heterocycles. The zero-order valence-corrected chi connectivity index (χ0v) is 14.6. The van der Waals surface area contributed by atoms with Crippen LogP contribution in [0, 0.1) is 6.92 Å². The Morgan fingerprint density at radius 3 is 2.58 bits per heavy atom. The number of anilines is 1. The van der Waals surface area contributed by atoms with Gasteiger partial charge in [-0.05, 0) is 25.1 Å². The van der Waals surface area contributed by atoms with Crippen LogP contribution >= 0.6 is 11.3 Å². The summed E-state index contributed by atoms with van der Waals surface area (Å²) >= 11 is 1.42. The molecule has 1 amide bonds. The summed E-state index contributed by atoms with van der Waals surface area (Å²) in [4.78, 5) is 16.5. The summed E-state index contributed by atoms with van der Waals surface area (Å²) in [5.41, 5.74) is 2.00. The minimum atomic E-state index is -4.45. The Balaban J connectivity index is 1.67. The van der Waals surface area contributed by atoms with E-state index in [0.29, 0.717) is 5.69 Å². The number of thiazole rings is 1. The number of benzene rings is 2. The molecule has 0 atom stereocenters. The summed E-state index contributed by atoms with van der Waals surface area (Å²) in [6.07, 6.45) is -4.45. The van der Waals surface area contributed by atoms with Gasteiger partial charge in [-0.2, -0.15) is 13.2 Å². The molecular formula is C19H15F3N2OS. The Kier molecular flexibility index (Phi) is 5.08. The fraction of sp³-hybridized carbons (Fsp3) is 0.158. The standard InChI is InChI=1S/C19H15F3N2OS/c1-12-5-7-13(8-6-12)18-24-16(11-26-18)10-17(25)23-15-4-2-3-14(9-15)19(20,21)22/h2-9,11H,10H2,1H3,(H,23,25). The van der Waals surface area contributed by atoms with Crippen LogP contribution in [0.5, 0.6) is 0 Å². The number of hydrogen-bond donors (Lipinski definition) is 1. The Morgan fingerprint density at radius 1 is 1.15 bits per heavy atom. The van der Waals surface area contributed by atoms with Crippen molar-refractivity contribution >= 4 is 22.9 Å². The smallest absolute Gasteiger partial charge is 0.326 e. The monoisotopic (exact) mass is 376 g/mol. The summed E-state index contributed by atoms with van der Waals surface area (Å²) in [6.45, 7) is 2.00. The summed E-state index contributed by atoms with van der Waals surface area (Å²) in [7, 11) is 0. The number of carbonyl (C=O) groups excluding carboxylic acids is 1. The quantitative estimate of drug-likeness (QED) is 0.670. The van der Waals surface area contributed by atoms with E-state index in [-0.39, 0.29) is 12.1 Å². The van der Waals surface area contributed by atoms with Gasteiger partial charge in [0.15, 0.2) is 0 Å². The Labute approximate surface area is 152 Å². The highest BCUT2D eigenvalue weighted by atomic mass is 32.1. The van der Waals surface area contributed by atoms with Gasteiger partial charge in [-0.1, -0.05) is 35.9 Å². The second kappa shape index (κ2) is 7.29. The second-order valence-electron chi connectivity index (χ2n) is 5.81. The van der Waals surface area contributed by atoms with E-state index in [2.05, 4.69) is 10.3 Å². The van der Waals surface area contributed by atoms with Crippen LogP contribution in [0.4, 0.5) is 18.9 Å². The maximum atomic E-state index is 12.7. The molecule has 0 fully saturated rings. The number of rotatable bonds is 4. The van der Waals surface area contributed by atoms with Gasteiger partial charge in [0.05, 0.1) is 17.7 Å². The number of nitrogens with zero attached hydrogens (tertiary/aromatic N) is 1. The van der Waals surface area contributed by atoms with E-state index in [1.54, 1.807) is 5.38 Å². The van der Waals surface area contributed by atoms with Crippen LogP contribution < -0.4 is 5.32 Å². The first-order chi connectivity index (χ1) is 12.3. The molecule has 1 aromatic heterocycles. The molecule has 26 heavy (non-hydrogen) atoms. The third kappa shape index (κ3) is 4.49.